The summed E-state index contributed by atoms with van der Waals surface area (Å²) in [5, 5.41) is 6.68. The van der Waals surface area contributed by atoms with Gasteiger partial charge in [-0.05, 0) is 26.1 Å². The molecule has 0 bridgehead atoms. The molecule has 1 saturated heterocycles. The number of carbonyl (C=O) groups is 1. The third kappa shape index (κ3) is 5.28. The number of nitrogens with one attached hydrogen (secondary N) is 2. The van der Waals surface area contributed by atoms with Crippen LogP contribution in [-0.2, 0) is 11.2 Å². The Bertz CT molecular complexity index is 1000. The summed E-state index contributed by atoms with van der Waals surface area (Å²) in [6, 6.07) is 9.40. The molecule has 4 rings (SSSR count). The van der Waals surface area contributed by atoms with Crippen LogP contribution in [0.25, 0.3) is 0 Å². The van der Waals surface area contributed by atoms with E-state index in [4.69, 9.17) is 0 Å². The fourth-order valence-corrected chi connectivity index (χ4v) is 3.90. The van der Waals surface area contributed by atoms with Gasteiger partial charge in [0.05, 0.1) is 6.42 Å². The summed E-state index contributed by atoms with van der Waals surface area (Å²) in [6.45, 7) is 5.59. The van der Waals surface area contributed by atoms with Crippen molar-refractivity contribution in [3.63, 3.8) is 0 Å². The number of hydrogen-bond donors (Lipinski definition) is 2. The zero-order valence-electron chi connectivity index (χ0n) is 17.0. The number of thiazole rings is 1. The van der Waals surface area contributed by atoms with Crippen molar-refractivity contribution in [1.82, 2.24) is 24.8 Å². The van der Waals surface area contributed by atoms with Crippen molar-refractivity contribution in [3.8, 4) is 0 Å². The highest BCUT2D eigenvalue weighted by atomic mass is 32.1. The second-order valence-corrected chi connectivity index (χ2v) is 8.26. The summed E-state index contributed by atoms with van der Waals surface area (Å²) in [5.41, 5.74) is 0.780. The normalized spacial score (nSPS) is 14.5. The lowest BCUT2D eigenvalue weighted by molar-refractivity contribution is -0.115. The van der Waals surface area contributed by atoms with Gasteiger partial charge < -0.3 is 15.1 Å². The van der Waals surface area contributed by atoms with Gasteiger partial charge in [0.2, 0.25) is 17.8 Å². The maximum atomic E-state index is 12.2. The van der Waals surface area contributed by atoms with E-state index in [2.05, 4.69) is 47.4 Å². The summed E-state index contributed by atoms with van der Waals surface area (Å²) in [7, 11) is 2.11. The Hall–Kier alpha value is -3.11. The lowest BCUT2D eigenvalue weighted by Crippen LogP contribution is -2.45. The third-order valence-corrected chi connectivity index (χ3v) is 5.60. The van der Waals surface area contributed by atoms with Crippen LogP contribution in [0.2, 0.25) is 0 Å². The van der Waals surface area contributed by atoms with E-state index in [9.17, 15) is 4.79 Å². The molecule has 0 spiro atoms. The molecule has 2 N–H and O–H groups in total. The molecule has 3 heterocycles. The standard InChI is InChI=1S/C20H24N8OS/c1-14-22-18(25-19(23-14)28-10-8-27(2)9-11-28)26-20-21-13-16(30-20)12-17(29)24-15-6-4-3-5-7-15/h3-7,13H,8-12H2,1-2H3,(H,24,29)(H,21,22,23,25,26). The molecule has 10 heteroatoms. The van der Waals surface area contributed by atoms with E-state index in [-0.39, 0.29) is 12.3 Å². The van der Waals surface area contributed by atoms with E-state index in [1.54, 1.807) is 6.20 Å². The van der Waals surface area contributed by atoms with Gasteiger partial charge in [-0.1, -0.05) is 18.2 Å². The number of amides is 1. The largest absolute Gasteiger partial charge is 0.338 e. The first kappa shape index (κ1) is 20.2. The van der Waals surface area contributed by atoms with Gasteiger partial charge in [0.15, 0.2) is 5.13 Å². The zero-order chi connectivity index (χ0) is 20.9. The highest BCUT2D eigenvalue weighted by Gasteiger charge is 2.18. The van der Waals surface area contributed by atoms with Crippen molar-refractivity contribution in [2.24, 2.45) is 0 Å². The van der Waals surface area contributed by atoms with Gasteiger partial charge in [-0.2, -0.15) is 15.0 Å². The molecule has 0 atom stereocenters. The van der Waals surface area contributed by atoms with Gasteiger partial charge in [0, 0.05) is 42.9 Å². The molecule has 0 unspecified atom stereocenters. The molecule has 0 radical (unpaired) electrons. The average Bonchev–Trinajstić information content (AvgIpc) is 3.15. The van der Waals surface area contributed by atoms with Crippen molar-refractivity contribution in [1.29, 1.82) is 0 Å². The monoisotopic (exact) mass is 424 g/mol. The first-order chi connectivity index (χ1) is 14.5. The average molecular weight is 425 g/mol. The quantitative estimate of drug-likeness (QED) is 0.622. The molecule has 156 valence electrons. The fraction of sp³-hybridized carbons (Fsp3) is 0.350. The van der Waals surface area contributed by atoms with Gasteiger partial charge in [-0.3, -0.25) is 10.1 Å². The third-order valence-electron chi connectivity index (χ3n) is 4.69. The van der Waals surface area contributed by atoms with E-state index >= 15 is 0 Å². The number of piperazine rings is 1. The Labute approximate surface area is 179 Å². The summed E-state index contributed by atoms with van der Waals surface area (Å²) in [5.74, 6) is 1.72. The summed E-state index contributed by atoms with van der Waals surface area (Å²) < 4.78 is 0. The smallest absolute Gasteiger partial charge is 0.234 e. The molecule has 1 amide bonds. The number of anilines is 4. The summed E-state index contributed by atoms with van der Waals surface area (Å²) >= 11 is 1.41. The molecule has 30 heavy (non-hydrogen) atoms. The predicted molar refractivity (Wildman–Crippen MR) is 118 cm³/mol. The van der Waals surface area contributed by atoms with Crippen LogP contribution in [0.4, 0.5) is 22.7 Å². The van der Waals surface area contributed by atoms with E-state index in [0.29, 0.717) is 22.9 Å². The molecule has 0 saturated carbocycles. The highest BCUT2D eigenvalue weighted by molar-refractivity contribution is 7.15. The van der Waals surface area contributed by atoms with Gasteiger partial charge in [0.25, 0.3) is 0 Å². The highest BCUT2D eigenvalue weighted by Crippen LogP contribution is 2.23. The van der Waals surface area contributed by atoms with Crippen LogP contribution in [-0.4, -0.2) is 64.0 Å². The molecule has 1 aliphatic rings. The predicted octanol–water partition coefficient (Wildman–Crippen LogP) is 2.31. The van der Waals surface area contributed by atoms with Gasteiger partial charge in [-0.25, -0.2) is 4.98 Å². The lowest BCUT2D eigenvalue weighted by atomic mass is 10.3. The first-order valence-corrected chi connectivity index (χ1v) is 10.6. The number of para-hydroxylation sites is 1. The minimum absolute atomic E-state index is 0.0789. The van der Waals surface area contributed by atoms with E-state index < -0.39 is 0 Å². The van der Waals surface area contributed by atoms with Crippen molar-refractivity contribution in [2.75, 3.05) is 48.8 Å². The van der Waals surface area contributed by atoms with E-state index in [1.165, 1.54) is 11.3 Å². The molecule has 3 aromatic rings. The molecule has 1 aliphatic heterocycles. The van der Waals surface area contributed by atoms with Crippen molar-refractivity contribution >= 4 is 40.0 Å². The molecule has 1 aromatic carbocycles. The molecule has 1 fully saturated rings. The molecular weight excluding hydrogens is 400 g/mol. The number of aromatic nitrogens is 4. The SMILES string of the molecule is Cc1nc(Nc2ncc(CC(=O)Nc3ccccc3)s2)nc(N2CCN(C)CC2)n1. The zero-order valence-corrected chi connectivity index (χ0v) is 17.8. The molecule has 0 aliphatic carbocycles. The van der Waals surface area contributed by atoms with Crippen LogP contribution >= 0.6 is 11.3 Å². The number of aryl methyl sites for hydroxylation is 1. The Balaban J connectivity index is 1.39. The van der Waals surface area contributed by atoms with Gasteiger partial charge >= 0.3 is 0 Å². The number of nitrogens with zero attached hydrogens (tertiary/aromatic N) is 6. The van der Waals surface area contributed by atoms with Crippen LogP contribution in [0.15, 0.2) is 36.5 Å². The maximum absolute atomic E-state index is 12.2. The van der Waals surface area contributed by atoms with Gasteiger partial charge in [0.1, 0.15) is 5.82 Å². The molecule has 2 aromatic heterocycles. The maximum Gasteiger partial charge on any atom is 0.234 e. The number of likely N-dealkylation sites (N-methyl/N-ethyl adjacent to an activating group) is 1. The minimum Gasteiger partial charge on any atom is -0.338 e. The number of carbonyl (C=O) groups excluding carboxylic acids is 1. The van der Waals surface area contributed by atoms with Crippen LogP contribution in [0.5, 0.6) is 0 Å². The van der Waals surface area contributed by atoms with Crippen LogP contribution in [0, 0.1) is 6.92 Å². The second kappa shape index (κ2) is 9.14. The summed E-state index contributed by atoms with van der Waals surface area (Å²) in [6.07, 6.45) is 1.96. The Morgan fingerprint density at radius 2 is 1.87 bits per heavy atom. The number of rotatable bonds is 6. The molecule has 9 nitrogen and oxygen atoms in total. The Kier molecular flexibility index (Phi) is 6.15. The van der Waals surface area contributed by atoms with Crippen LogP contribution in [0.3, 0.4) is 0 Å². The van der Waals surface area contributed by atoms with Crippen molar-refractivity contribution in [3.05, 3.63) is 47.2 Å². The first-order valence-electron chi connectivity index (χ1n) is 9.78. The Morgan fingerprint density at radius 1 is 1.10 bits per heavy atom. The van der Waals surface area contributed by atoms with E-state index in [1.807, 2.05) is 37.3 Å². The van der Waals surface area contributed by atoms with Crippen molar-refractivity contribution in [2.45, 2.75) is 13.3 Å². The topological polar surface area (TPSA) is 99.2 Å². The summed E-state index contributed by atoms with van der Waals surface area (Å²) in [4.78, 5) is 35.3. The minimum atomic E-state index is -0.0789. The van der Waals surface area contributed by atoms with Gasteiger partial charge in [-0.15, -0.1) is 11.3 Å². The number of benzene rings is 1. The van der Waals surface area contributed by atoms with Crippen LogP contribution < -0.4 is 15.5 Å². The lowest BCUT2D eigenvalue weighted by Gasteiger charge is -2.32. The number of hydrogen-bond acceptors (Lipinski definition) is 9. The van der Waals surface area contributed by atoms with Crippen LogP contribution in [0.1, 0.15) is 10.7 Å². The molecular formula is C20H24N8OS. The second-order valence-electron chi connectivity index (χ2n) is 7.14. The van der Waals surface area contributed by atoms with E-state index in [0.717, 1.165) is 36.7 Å². The fourth-order valence-electron chi connectivity index (χ4n) is 3.10. The Morgan fingerprint density at radius 3 is 2.63 bits per heavy atom. The van der Waals surface area contributed by atoms with Crippen molar-refractivity contribution < 1.29 is 4.79 Å².